The average molecular weight is 306 g/mol. The van der Waals surface area contributed by atoms with Crippen LogP contribution in [0, 0.1) is 5.41 Å². The molecule has 0 aliphatic carbocycles. The molecule has 1 N–H and O–H groups in total. The maximum atomic E-state index is 13.0. The number of anilines is 2. The van der Waals surface area contributed by atoms with E-state index in [2.05, 4.69) is 67.5 Å². The summed E-state index contributed by atoms with van der Waals surface area (Å²) in [6.45, 7) is 4.34. The highest BCUT2D eigenvalue weighted by Crippen LogP contribution is 2.54. The van der Waals surface area contributed by atoms with Crippen LogP contribution in [0.5, 0.6) is 0 Å². The van der Waals surface area contributed by atoms with Gasteiger partial charge in [-0.1, -0.05) is 43.3 Å². The summed E-state index contributed by atoms with van der Waals surface area (Å²) in [7, 11) is 2.12. The van der Waals surface area contributed by atoms with E-state index < -0.39 is 5.41 Å². The molecule has 0 radical (unpaired) electrons. The minimum Gasteiger partial charge on any atom is -0.366 e. The van der Waals surface area contributed by atoms with Crippen LogP contribution >= 0.6 is 0 Å². The van der Waals surface area contributed by atoms with Gasteiger partial charge in [-0.25, -0.2) is 0 Å². The van der Waals surface area contributed by atoms with Gasteiger partial charge in [-0.15, -0.1) is 0 Å². The Balaban J connectivity index is 1.97. The Bertz CT molecular complexity index is 785. The molecule has 0 saturated carbocycles. The van der Waals surface area contributed by atoms with Crippen LogP contribution < -0.4 is 10.2 Å². The zero-order valence-electron chi connectivity index (χ0n) is 13.8. The first-order valence-electron chi connectivity index (χ1n) is 8.24. The second-order valence-corrected chi connectivity index (χ2v) is 7.14. The molecule has 0 bridgehead atoms. The lowest BCUT2D eigenvalue weighted by atomic mass is 9.69. The zero-order valence-corrected chi connectivity index (χ0v) is 13.8. The molecule has 0 saturated heterocycles. The van der Waals surface area contributed by atoms with Crippen molar-refractivity contribution < 1.29 is 4.79 Å². The fourth-order valence-corrected chi connectivity index (χ4v) is 4.53. The molecular weight excluding hydrogens is 284 g/mol. The van der Waals surface area contributed by atoms with Gasteiger partial charge in [0.1, 0.15) is 0 Å². The molecule has 2 aromatic carbocycles. The van der Waals surface area contributed by atoms with Gasteiger partial charge < -0.3 is 10.2 Å². The molecule has 0 aromatic heterocycles. The number of hydrogen-bond acceptors (Lipinski definition) is 2. The summed E-state index contributed by atoms with van der Waals surface area (Å²) < 4.78 is 0. The van der Waals surface area contributed by atoms with Gasteiger partial charge in [-0.2, -0.15) is 0 Å². The molecule has 0 spiro atoms. The maximum Gasteiger partial charge on any atom is 0.232 e. The number of rotatable bonds is 0. The van der Waals surface area contributed by atoms with E-state index in [1.165, 1.54) is 16.8 Å². The van der Waals surface area contributed by atoms with E-state index in [9.17, 15) is 4.79 Å². The monoisotopic (exact) mass is 306 g/mol. The van der Waals surface area contributed by atoms with Gasteiger partial charge in [0.25, 0.3) is 0 Å². The molecule has 0 unspecified atom stereocenters. The quantitative estimate of drug-likeness (QED) is 0.785. The van der Waals surface area contributed by atoms with Crippen molar-refractivity contribution in [2.24, 2.45) is 5.41 Å². The number of carbonyl (C=O) groups is 1. The summed E-state index contributed by atoms with van der Waals surface area (Å²) >= 11 is 0. The van der Waals surface area contributed by atoms with Crippen molar-refractivity contribution in [3.05, 3.63) is 59.7 Å². The summed E-state index contributed by atoms with van der Waals surface area (Å²) in [5, 5.41) is 3.13. The van der Waals surface area contributed by atoms with Crippen LogP contribution in [0.25, 0.3) is 0 Å². The molecule has 3 atom stereocenters. The predicted octanol–water partition coefficient (Wildman–Crippen LogP) is 4.33. The first kappa shape index (κ1) is 14.3. The highest BCUT2D eigenvalue weighted by molar-refractivity contribution is 6.00. The highest BCUT2D eigenvalue weighted by Gasteiger charge is 2.51. The molecule has 23 heavy (non-hydrogen) atoms. The van der Waals surface area contributed by atoms with Crippen molar-refractivity contribution in [1.82, 2.24) is 0 Å². The third-order valence-corrected chi connectivity index (χ3v) is 5.59. The molecule has 0 fully saturated rings. The van der Waals surface area contributed by atoms with Crippen molar-refractivity contribution in [3.8, 4) is 0 Å². The number of benzene rings is 2. The normalized spacial score (nSPS) is 29.0. The van der Waals surface area contributed by atoms with Gasteiger partial charge >= 0.3 is 0 Å². The zero-order chi connectivity index (χ0) is 16.2. The first-order chi connectivity index (χ1) is 11.0. The van der Waals surface area contributed by atoms with Gasteiger partial charge in [0, 0.05) is 18.4 Å². The number of nitrogens with zero attached hydrogens (tertiary/aromatic N) is 1. The van der Waals surface area contributed by atoms with Crippen LogP contribution in [0.1, 0.15) is 43.4 Å². The Morgan fingerprint density at radius 3 is 2.52 bits per heavy atom. The van der Waals surface area contributed by atoms with E-state index in [0.717, 1.165) is 12.1 Å². The molecule has 3 nitrogen and oxygen atoms in total. The van der Waals surface area contributed by atoms with Gasteiger partial charge in [-0.05, 0) is 42.5 Å². The van der Waals surface area contributed by atoms with Crippen molar-refractivity contribution in [2.45, 2.75) is 32.2 Å². The first-order valence-corrected chi connectivity index (χ1v) is 8.24. The van der Waals surface area contributed by atoms with Crippen molar-refractivity contribution in [3.63, 3.8) is 0 Å². The summed E-state index contributed by atoms with van der Waals surface area (Å²) in [5.74, 6) is 0.479. The minimum atomic E-state index is -0.443. The van der Waals surface area contributed by atoms with Gasteiger partial charge in [-0.3, -0.25) is 4.79 Å². The Morgan fingerprint density at radius 2 is 1.74 bits per heavy atom. The van der Waals surface area contributed by atoms with Crippen LogP contribution in [0.4, 0.5) is 11.4 Å². The molecule has 118 valence electrons. The van der Waals surface area contributed by atoms with Crippen LogP contribution in [-0.4, -0.2) is 13.0 Å². The van der Waals surface area contributed by atoms with E-state index in [1.54, 1.807) is 0 Å². The molecule has 2 aliphatic heterocycles. The van der Waals surface area contributed by atoms with E-state index in [1.807, 2.05) is 12.1 Å². The lowest BCUT2D eigenvalue weighted by molar-refractivity contribution is -0.127. The smallest absolute Gasteiger partial charge is 0.232 e. The fraction of sp³-hybridized carbons (Fsp3) is 0.350. The van der Waals surface area contributed by atoms with Gasteiger partial charge in [0.2, 0.25) is 5.91 Å². The average Bonchev–Trinajstić information content (AvgIpc) is 2.63. The van der Waals surface area contributed by atoms with Crippen molar-refractivity contribution in [1.29, 1.82) is 0 Å². The Kier molecular flexibility index (Phi) is 3.02. The Hall–Kier alpha value is -2.29. The lowest BCUT2D eigenvalue weighted by Gasteiger charge is -2.45. The molecular formula is C20H22N2O. The number of fused-ring (bicyclic) bond motifs is 4. The summed E-state index contributed by atoms with van der Waals surface area (Å²) in [5.41, 5.74) is 4.27. The SMILES string of the molecule is C[C@@H]1C[C@]2(C)C(=O)Nc3ccccc3[C@@H]2N(C)c2ccccc21. The summed E-state index contributed by atoms with van der Waals surface area (Å²) in [4.78, 5) is 15.3. The maximum absolute atomic E-state index is 13.0. The highest BCUT2D eigenvalue weighted by atomic mass is 16.2. The second kappa shape index (κ2) is 4.85. The van der Waals surface area contributed by atoms with Gasteiger partial charge in [0.15, 0.2) is 0 Å². The van der Waals surface area contributed by atoms with E-state index in [-0.39, 0.29) is 11.9 Å². The Labute approximate surface area is 137 Å². The minimum absolute atomic E-state index is 0.0542. The molecule has 2 aromatic rings. The molecule has 1 amide bonds. The van der Waals surface area contributed by atoms with E-state index in [4.69, 9.17) is 0 Å². The fourth-order valence-electron chi connectivity index (χ4n) is 4.53. The molecule has 3 heteroatoms. The number of para-hydroxylation sites is 2. The second-order valence-electron chi connectivity index (χ2n) is 7.14. The van der Waals surface area contributed by atoms with Crippen molar-refractivity contribution in [2.75, 3.05) is 17.3 Å². The predicted molar refractivity (Wildman–Crippen MR) is 93.8 cm³/mol. The molecule has 2 aliphatic rings. The van der Waals surface area contributed by atoms with E-state index in [0.29, 0.717) is 5.92 Å². The van der Waals surface area contributed by atoms with Gasteiger partial charge in [0.05, 0.1) is 11.5 Å². The Morgan fingerprint density at radius 1 is 1.09 bits per heavy atom. The van der Waals surface area contributed by atoms with Crippen LogP contribution in [0.3, 0.4) is 0 Å². The van der Waals surface area contributed by atoms with E-state index >= 15 is 0 Å². The largest absolute Gasteiger partial charge is 0.366 e. The van der Waals surface area contributed by atoms with Crippen molar-refractivity contribution >= 4 is 17.3 Å². The molecule has 4 rings (SSSR count). The molecule has 2 heterocycles. The summed E-state index contributed by atoms with van der Waals surface area (Å²) in [6.07, 6.45) is 0.846. The third-order valence-electron chi connectivity index (χ3n) is 5.59. The number of hydrogen-bond donors (Lipinski definition) is 1. The summed E-state index contributed by atoms with van der Waals surface area (Å²) in [6, 6.07) is 16.8. The van der Waals surface area contributed by atoms with Crippen LogP contribution in [0.2, 0.25) is 0 Å². The number of amides is 1. The number of nitrogens with one attached hydrogen (secondary N) is 1. The topological polar surface area (TPSA) is 32.3 Å². The van der Waals surface area contributed by atoms with Crippen LogP contribution in [-0.2, 0) is 4.79 Å². The van der Waals surface area contributed by atoms with Crippen LogP contribution in [0.15, 0.2) is 48.5 Å². The number of carbonyl (C=O) groups excluding carboxylic acids is 1. The lowest BCUT2D eigenvalue weighted by Crippen LogP contribution is -2.48. The standard InChI is InChI=1S/C20H22N2O/c1-13-12-20(2)18(22(3)17-11-7-5-8-14(13)17)15-9-4-6-10-16(15)21-19(20)23/h4-11,13,18H,12H2,1-3H3,(H,21,23)/t13-,18+,20+/m1/s1. The third kappa shape index (κ3) is 1.92.